The van der Waals surface area contributed by atoms with E-state index in [4.69, 9.17) is 0 Å². The molecule has 74 valence electrons. The van der Waals surface area contributed by atoms with Gasteiger partial charge in [-0.15, -0.1) is 0 Å². The first-order valence-electron chi connectivity index (χ1n) is 4.20. The molecule has 0 aromatic rings. The normalized spacial score (nSPS) is 21.2. The Bertz CT molecular complexity index is 240. The van der Waals surface area contributed by atoms with Gasteiger partial charge >= 0.3 is 0 Å². The van der Waals surface area contributed by atoms with E-state index in [1.54, 1.807) is 18.7 Å². The average Bonchev–Trinajstić information content (AvgIpc) is 2.08. The second kappa shape index (κ2) is 3.57. The molecule has 1 saturated heterocycles. The van der Waals surface area contributed by atoms with Crippen molar-refractivity contribution in [3.8, 4) is 0 Å². The van der Waals surface area contributed by atoms with Crippen molar-refractivity contribution in [3.05, 3.63) is 0 Å². The number of thiol groups is 1. The number of carbonyl (C=O) groups is 2. The number of nitrogens with zero attached hydrogens (tertiary/aromatic N) is 1. The SMILES string of the molecule is CC1(C)C(=O)NCCN1C(=O)CS. The molecule has 0 aromatic carbocycles. The Labute approximate surface area is 83.1 Å². The van der Waals surface area contributed by atoms with Gasteiger partial charge in [0, 0.05) is 13.1 Å². The van der Waals surface area contributed by atoms with E-state index in [1.165, 1.54) is 0 Å². The number of piperazine rings is 1. The van der Waals surface area contributed by atoms with Gasteiger partial charge in [-0.05, 0) is 13.8 Å². The lowest BCUT2D eigenvalue weighted by atomic mass is 9.99. The van der Waals surface area contributed by atoms with E-state index in [-0.39, 0.29) is 17.6 Å². The van der Waals surface area contributed by atoms with Gasteiger partial charge < -0.3 is 10.2 Å². The summed E-state index contributed by atoms with van der Waals surface area (Å²) >= 11 is 3.91. The summed E-state index contributed by atoms with van der Waals surface area (Å²) in [5.41, 5.74) is -0.738. The fraction of sp³-hybridized carbons (Fsp3) is 0.750. The van der Waals surface area contributed by atoms with Gasteiger partial charge in [-0.3, -0.25) is 9.59 Å². The molecule has 0 radical (unpaired) electrons. The zero-order valence-corrected chi connectivity index (χ0v) is 8.73. The molecule has 0 saturated carbocycles. The quantitative estimate of drug-likeness (QED) is 0.571. The van der Waals surface area contributed by atoms with Crippen LogP contribution in [0.5, 0.6) is 0 Å². The predicted molar refractivity (Wildman–Crippen MR) is 52.7 cm³/mol. The van der Waals surface area contributed by atoms with Crippen LogP contribution in [0.2, 0.25) is 0 Å². The minimum atomic E-state index is -0.738. The van der Waals surface area contributed by atoms with Crippen LogP contribution in [-0.4, -0.2) is 41.1 Å². The minimum absolute atomic E-state index is 0.0943. The first-order chi connectivity index (χ1) is 6.00. The van der Waals surface area contributed by atoms with Crippen molar-refractivity contribution in [2.24, 2.45) is 0 Å². The fourth-order valence-corrected chi connectivity index (χ4v) is 1.59. The Hall–Kier alpha value is -0.710. The molecule has 0 unspecified atom stereocenters. The highest BCUT2D eigenvalue weighted by Gasteiger charge is 2.39. The van der Waals surface area contributed by atoms with Crippen molar-refractivity contribution in [3.63, 3.8) is 0 Å². The first-order valence-corrected chi connectivity index (χ1v) is 4.83. The topological polar surface area (TPSA) is 49.4 Å². The standard InChI is InChI=1S/C8H14N2O2S/c1-8(2)7(12)9-3-4-10(8)6(11)5-13/h13H,3-5H2,1-2H3,(H,9,12). The number of hydrogen-bond acceptors (Lipinski definition) is 3. The Morgan fingerprint density at radius 2 is 2.31 bits per heavy atom. The number of carbonyl (C=O) groups excluding carboxylic acids is 2. The Morgan fingerprint density at radius 3 is 2.85 bits per heavy atom. The summed E-state index contributed by atoms with van der Waals surface area (Å²) in [4.78, 5) is 24.4. The highest BCUT2D eigenvalue weighted by molar-refractivity contribution is 7.81. The summed E-state index contributed by atoms with van der Waals surface area (Å²) in [7, 11) is 0. The molecular formula is C8H14N2O2S. The summed E-state index contributed by atoms with van der Waals surface area (Å²) in [5, 5.41) is 2.72. The zero-order valence-electron chi connectivity index (χ0n) is 7.83. The monoisotopic (exact) mass is 202 g/mol. The summed E-state index contributed by atoms with van der Waals surface area (Å²) in [6.07, 6.45) is 0. The molecule has 0 bridgehead atoms. The Balaban J connectivity index is 2.83. The van der Waals surface area contributed by atoms with Gasteiger partial charge in [0.2, 0.25) is 11.8 Å². The lowest BCUT2D eigenvalue weighted by molar-refractivity contribution is -0.147. The molecule has 13 heavy (non-hydrogen) atoms. The molecule has 1 heterocycles. The van der Waals surface area contributed by atoms with Gasteiger partial charge in [-0.2, -0.15) is 12.6 Å². The smallest absolute Gasteiger partial charge is 0.245 e. The molecule has 1 fully saturated rings. The molecule has 0 aliphatic carbocycles. The lowest BCUT2D eigenvalue weighted by Crippen LogP contribution is -2.63. The van der Waals surface area contributed by atoms with Crippen LogP contribution < -0.4 is 5.32 Å². The van der Waals surface area contributed by atoms with Gasteiger partial charge in [-0.25, -0.2) is 0 Å². The number of rotatable bonds is 1. The molecule has 0 aromatic heterocycles. The van der Waals surface area contributed by atoms with Crippen LogP contribution in [0.4, 0.5) is 0 Å². The maximum atomic E-state index is 11.4. The maximum absolute atomic E-state index is 11.4. The van der Waals surface area contributed by atoms with Crippen molar-refractivity contribution in [2.75, 3.05) is 18.8 Å². The van der Waals surface area contributed by atoms with Gasteiger partial charge in [0.15, 0.2) is 0 Å². The van der Waals surface area contributed by atoms with Crippen LogP contribution in [-0.2, 0) is 9.59 Å². The average molecular weight is 202 g/mol. The van der Waals surface area contributed by atoms with Crippen molar-refractivity contribution in [1.29, 1.82) is 0 Å². The molecule has 1 N–H and O–H groups in total. The van der Waals surface area contributed by atoms with E-state index >= 15 is 0 Å². The first kappa shape index (κ1) is 10.4. The summed E-state index contributed by atoms with van der Waals surface area (Å²) in [5.74, 6) is -0.0476. The molecule has 0 atom stereocenters. The third-order valence-electron chi connectivity index (χ3n) is 2.29. The van der Waals surface area contributed by atoms with Crippen molar-refractivity contribution in [1.82, 2.24) is 10.2 Å². The van der Waals surface area contributed by atoms with Crippen LogP contribution in [0.25, 0.3) is 0 Å². The molecule has 1 aliphatic heterocycles. The largest absolute Gasteiger partial charge is 0.352 e. The predicted octanol–water partition coefficient (Wildman–Crippen LogP) is -0.347. The lowest BCUT2D eigenvalue weighted by Gasteiger charge is -2.40. The number of nitrogens with one attached hydrogen (secondary N) is 1. The highest BCUT2D eigenvalue weighted by Crippen LogP contribution is 2.17. The Morgan fingerprint density at radius 1 is 1.69 bits per heavy atom. The van der Waals surface area contributed by atoms with Gasteiger partial charge in [0.05, 0.1) is 5.75 Å². The second-order valence-corrected chi connectivity index (χ2v) is 3.83. The van der Waals surface area contributed by atoms with E-state index < -0.39 is 5.54 Å². The highest BCUT2D eigenvalue weighted by atomic mass is 32.1. The van der Waals surface area contributed by atoms with E-state index in [2.05, 4.69) is 17.9 Å². The molecule has 0 spiro atoms. The molecule has 5 heteroatoms. The second-order valence-electron chi connectivity index (χ2n) is 3.52. The van der Waals surface area contributed by atoms with Crippen LogP contribution >= 0.6 is 12.6 Å². The van der Waals surface area contributed by atoms with Gasteiger partial charge in [0.1, 0.15) is 5.54 Å². The minimum Gasteiger partial charge on any atom is -0.352 e. The molecule has 1 rings (SSSR count). The zero-order chi connectivity index (χ0) is 10.1. The van der Waals surface area contributed by atoms with Crippen molar-refractivity contribution < 1.29 is 9.59 Å². The maximum Gasteiger partial charge on any atom is 0.245 e. The fourth-order valence-electron chi connectivity index (χ4n) is 1.42. The number of hydrogen-bond donors (Lipinski definition) is 2. The van der Waals surface area contributed by atoms with E-state index in [0.717, 1.165) is 0 Å². The number of amides is 2. The van der Waals surface area contributed by atoms with Crippen LogP contribution in [0, 0.1) is 0 Å². The molecule has 4 nitrogen and oxygen atoms in total. The van der Waals surface area contributed by atoms with E-state index in [1.807, 2.05) is 0 Å². The van der Waals surface area contributed by atoms with Crippen LogP contribution in [0.3, 0.4) is 0 Å². The van der Waals surface area contributed by atoms with Gasteiger partial charge in [0.25, 0.3) is 0 Å². The molecule has 1 aliphatic rings. The van der Waals surface area contributed by atoms with E-state index in [9.17, 15) is 9.59 Å². The summed E-state index contributed by atoms with van der Waals surface area (Å²) < 4.78 is 0. The van der Waals surface area contributed by atoms with Gasteiger partial charge in [-0.1, -0.05) is 0 Å². The van der Waals surface area contributed by atoms with Crippen LogP contribution in [0.1, 0.15) is 13.8 Å². The van der Waals surface area contributed by atoms with Crippen molar-refractivity contribution in [2.45, 2.75) is 19.4 Å². The molecular weight excluding hydrogens is 188 g/mol. The molecule has 2 amide bonds. The van der Waals surface area contributed by atoms with Crippen LogP contribution in [0.15, 0.2) is 0 Å². The summed E-state index contributed by atoms with van der Waals surface area (Å²) in [6.45, 7) is 4.57. The third-order valence-corrected chi connectivity index (χ3v) is 2.56. The summed E-state index contributed by atoms with van der Waals surface area (Å²) in [6, 6.07) is 0. The van der Waals surface area contributed by atoms with E-state index in [0.29, 0.717) is 13.1 Å². The third kappa shape index (κ3) is 1.80. The van der Waals surface area contributed by atoms with Crippen molar-refractivity contribution >= 4 is 24.4 Å². The Kier molecular flexibility index (Phi) is 2.85.